The van der Waals surface area contributed by atoms with Crippen LogP contribution in [0, 0.1) is 5.41 Å². The molecule has 9 heteroatoms. The van der Waals surface area contributed by atoms with Gasteiger partial charge < -0.3 is 15.4 Å². The minimum Gasteiger partial charge on any atom is -0.444 e. The van der Waals surface area contributed by atoms with Crippen molar-refractivity contribution >= 4 is 17.7 Å². The van der Waals surface area contributed by atoms with Crippen molar-refractivity contribution in [3.63, 3.8) is 0 Å². The number of carbonyl (C=O) groups excluding carboxylic acids is 2. The van der Waals surface area contributed by atoms with Gasteiger partial charge in [0.05, 0.1) is 6.54 Å². The summed E-state index contributed by atoms with van der Waals surface area (Å²) in [6.07, 6.45) is -0.562. The monoisotopic (exact) mass is 386 g/mol. The van der Waals surface area contributed by atoms with Gasteiger partial charge in [0.2, 0.25) is 11.7 Å². The van der Waals surface area contributed by atoms with Crippen molar-refractivity contribution in [1.82, 2.24) is 25.7 Å². The third-order valence-corrected chi connectivity index (χ3v) is 3.39. The lowest BCUT2D eigenvalue weighted by atomic mass is 9.95. The minimum atomic E-state index is -0.580. The zero-order chi connectivity index (χ0) is 20.9. The van der Waals surface area contributed by atoms with Crippen LogP contribution in [0.15, 0.2) is 24.3 Å². The van der Waals surface area contributed by atoms with Crippen LogP contribution in [0.2, 0.25) is 0 Å². The summed E-state index contributed by atoms with van der Waals surface area (Å²) < 4.78 is 5.14. The molecular formula is C19H26N6O3. The van der Waals surface area contributed by atoms with Crippen LogP contribution >= 0.6 is 0 Å². The lowest BCUT2D eigenvalue weighted by Crippen LogP contribution is -2.32. The van der Waals surface area contributed by atoms with Crippen LogP contribution < -0.4 is 10.6 Å². The van der Waals surface area contributed by atoms with Crippen LogP contribution in [-0.2, 0) is 16.1 Å². The summed E-state index contributed by atoms with van der Waals surface area (Å²) in [7, 11) is 0. The van der Waals surface area contributed by atoms with Crippen LogP contribution in [0.1, 0.15) is 47.4 Å². The summed E-state index contributed by atoms with van der Waals surface area (Å²) in [6, 6.07) is 7.08. The number of nitrogens with zero attached hydrogens (tertiary/aromatic N) is 4. The van der Waals surface area contributed by atoms with Gasteiger partial charge in [-0.15, -0.1) is 20.4 Å². The molecule has 28 heavy (non-hydrogen) atoms. The zero-order valence-corrected chi connectivity index (χ0v) is 17.0. The molecule has 0 spiro atoms. The summed E-state index contributed by atoms with van der Waals surface area (Å²) in [5.74, 6) is 0.542. The van der Waals surface area contributed by atoms with Crippen molar-refractivity contribution in [2.75, 3.05) is 5.32 Å². The standard InChI is InChI=1S/C19H26N6O3/c1-18(2,3)16(26)21-13-9-7-12(8-10-13)15-24-22-14(23-25-15)11-20-17(27)28-19(4,5)6/h7-10H,11H2,1-6H3,(H,20,27)(H,21,26). The van der Waals surface area contributed by atoms with Gasteiger partial charge in [-0.2, -0.15) is 0 Å². The topological polar surface area (TPSA) is 119 Å². The van der Waals surface area contributed by atoms with E-state index in [4.69, 9.17) is 4.74 Å². The zero-order valence-electron chi connectivity index (χ0n) is 17.0. The van der Waals surface area contributed by atoms with Gasteiger partial charge in [-0.1, -0.05) is 20.8 Å². The summed E-state index contributed by atoms with van der Waals surface area (Å²) in [6.45, 7) is 10.9. The highest BCUT2D eigenvalue weighted by Crippen LogP contribution is 2.20. The highest BCUT2D eigenvalue weighted by atomic mass is 16.6. The maximum atomic E-state index is 12.0. The van der Waals surface area contributed by atoms with Gasteiger partial charge in [-0.05, 0) is 45.0 Å². The van der Waals surface area contributed by atoms with E-state index < -0.39 is 17.1 Å². The van der Waals surface area contributed by atoms with E-state index in [9.17, 15) is 9.59 Å². The SMILES string of the molecule is CC(C)(C)OC(=O)NCc1nnc(-c2ccc(NC(=O)C(C)(C)C)cc2)nn1. The highest BCUT2D eigenvalue weighted by molar-refractivity contribution is 5.94. The van der Waals surface area contributed by atoms with Crippen LogP contribution in [0.25, 0.3) is 11.4 Å². The number of alkyl carbamates (subject to hydrolysis) is 1. The number of anilines is 1. The molecule has 0 bridgehead atoms. The van der Waals surface area contributed by atoms with Gasteiger partial charge in [0.15, 0.2) is 5.82 Å². The van der Waals surface area contributed by atoms with E-state index in [-0.39, 0.29) is 18.3 Å². The van der Waals surface area contributed by atoms with Gasteiger partial charge in [0.1, 0.15) is 5.60 Å². The fourth-order valence-corrected chi connectivity index (χ4v) is 1.92. The molecule has 2 rings (SSSR count). The third-order valence-electron chi connectivity index (χ3n) is 3.39. The van der Waals surface area contributed by atoms with Crippen molar-refractivity contribution in [2.45, 2.75) is 53.7 Å². The van der Waals surface area contributed by atoms with E-state index in [1.807, 2.05) is 20.8 Å². The van der Waals surface area contributed by atoms with Crippen LogP contribution in [-0.4, -0.2) is 38.0 Å². The van der Waals surface area contributed by atoms with Crippen LogP contribution in [0.5, 0.6) is 0 Å². The van der Waals surface area contributed by atoms with E-state index in [0.29, 0.717) is 17.1 Å². The van der Waals surface area contributed by atoms with Crippen molar-refractivity contribution in [1.29, 1.82) is 0 Å². The Labute approximate surface area is 164 Å². The maximum Gasteiger partial charge on any atom is 0.408 e. The van der Waals surface area contributed by atoms with Gasteiger partial charge in [-0.3, -0.25) is 4.79 Å². The average Bonchev–Trinajstić information content (AvgIpc) is 2.59. The smallest absolute Gasteiger partial charge is 0.408 e. The predicted octanol–water partition coefficient (Wildman–Crippen LogP) is 2.94. The number of rotatable bonds is 4. The first kappa shape index (κ1) is 21.2. The quantitative estimate of drug-likeness (QED) is 0.829. The predicted molar refractivity (Wildman–Crippen MR) is 104 cm³/mol. The van der Waals surface area contributed by atoms with Gasteiger partial charge in [0.25, 0.3) is 0 Å². The van der Waals surface area contributed by atoms with E-state index in [1.165, 1.54) is 0 Å². The van der Waals surface area contributed by atoms with Crippen molar-refractivity contribution in [3.8, 4) is 11.4 Å². The average molecular weight is 386 g/mol. The van der Waals surface area contributed by atoms with Crippen molar-refractivity contribution in [3.05, 3.63) is 30.1 Å². The molecule has 0 unspecified atom stereocenters. The molecule has 1 heterocycles. The van der Waals surface area contributed by atoms with Crippen LogP contribution in [0.3, 0.4) is 0 Å². The summed E-state index contributed by atoms with van der Waals surface area (Å²) in [5.41, 5.74) is 0.339. The molecule has 0 aliphatic rings. The van der Waals surface area contributed by atoms with Gasteiger partial charge in [0, 0.05) is 16.7 Å². The molecule has 0 fully saturated rings. The molecule has 9 nitrogen and oxygen atoms in total. The second-order valence-electron chi connectivity index (χ2n) is 8.28. The molecule has 2 N–H and O–H groups in total. The molecule has 150 valence electrons. The van der Waals surface area contributed by atoms with E-state index in [0.717, 1.165) is 0 Å². The molecule has 2 amide bonds. The highest BCUT2D eigenvalue weighted by Gasteiger charge is 2.21. The second kappa shape index (κ2) is 8.28. The number of hydrogen-bond acceptors (Lipinski definition) is 7. The largest absolute Gasteiger partial charge is 0.444 e. The number of aromatic nitrogens is 4. The Kier molecular flexibility index (Phi) is 6.27. The van der Waals surface area contributed by atoms with Gasteiger partial charge in [-0.25, -0.2) is 4.79 Å². The third kappa shape index (κ3) is 6.57. The molecule has 0 aliphatic heterocycles. The lowest BCUT2D eigenvalue weighted by Gasteiger charge is -2.19. The normalized spacial score (nSPS) is 11.6. The fraction of sp³-hybridized carbons (Fsp3) is 0.474. The minimum absolute atomic E-state index is 0.0625. The summed E-state index contributed by atoms with van der Waals surface area (Å²) in [5, 5.41) is 21.4. The number of benzene rings is 1. The lowest BCUT2D eigenvalue weighted by molar-refractivity contribution is -0.123. The molecule has 0 radical (unpaired) electrons. The fourth-order valence-electron chi connectivity index (χ4n) is 1.92. The van der Waals surface area contributed by atoms with Crippen molar-refractivity contribution < 1.29 is 14.3 Å². The molecule has 2 aromatic rings. The van der Waals surface area contributed by atoms with E-state index >= 15 is 0 Å². The Morgan fingerprint density at radius 1 is 0.929 bits per heavy atom. The Morgan fingerprint density at radius 3 is 2.00 bits per heavy atom. The second-order valence-corrected chi connectivity index (χ2v) is 8.28. The Hall–Kier alpha value is -3.10. The molecule has 1 aromatic carbocycles. The first-order valence-electron chi connectivity index (χ1n) is 8.89. The first-order chi connectivity index (χ1) is 12.9. The Bertz CT molecular complexity index is 821. The number of nitrogens with one attached hydrogen (secondary N) is 2. The van der Waals surface area contributed by atoms with Gasteiger partial charge >= 0.3 is 6.09 Å². The number of ether oxygens (including phenoxy) is 1. The first-order valence-corrected chi connectivity index (χ1v) is 8.89. The summed E-state index contributed by atoms with van der Waals surface area (Å²) in [4.78, 5) is 23.6. The molecule has 0 saturated carbocycles. The maximum absolute atomic E-state index is 12.0. The van der Waals surface area contributed by atoms with E-state index in [2.05, 4.69) is 31.0 Å². The molecular weight excluding hydrogens is 360 g/mol. The number of carbonyl (C=O) groups is 2. The number of hydrogen-bond donors (Lipinski definition) is 2. The number of amides is 2. The molecule has 0 aliphatic carbocycles. The molecule has 0 saturated heterocycles. The molecule has 1 aromatic heterocycles. The Balaban J connectivity index is 1.96. The van der Waals surface area contributed by atoms with Crippen LogP contribution in [0.4, 0.5) is 10.5 Å². The molecule has 0 atom stereocenters. The van der Waals surface area contributed by atoms with Crippen molar-refractivity contribution in [2.24, 2.45) is 5.41 Å². The Morgan fingerprint density at radius 2 is 1.50 bits per heavy atom. The van der Waals surface area contributed by atoms with E-state index in [1.54, 1.807) is 45.0 Å². The summed E-state index contributed by atoms with van der Waals surface area (Å²) >= 11 is 0.